The van der Waals surface area contributed by atoms with Crippen molar-refractivity contribution in [2.75, 3.05) is 26.4 Å². The SMILES string of the molecule is CC(C)CCCCCCCCCCCCCCC(=O)OCC(COC(=O)CCCCCCCCCCCCCCC(C)C)OC(=O)CCCCCCCCCCCCCCC(C)C.OCC(O)CO. The molecular weight excluding hydrogens is 865 g/mol. The molecule has 3 N–H and O–H groups in total. The maximum Gasteiger partial charge on any atom is 0.306 e. The van der Waals surface area contributed by atoms with Gasteiger partial charge in [0.15, 0.2) is 6.10 Å². The van der Waals surface area contributed by atoms with Crippen molar-refractivity contribution in [3.05, 3.63) is 0 Å². The third kappa shape index (κ3) is 60.5. The highest BCUT2D eigenvalue weighted by Gasteiger charge is 2.19. The number of carbonyl (C=O) groups excluding carboxylic acids is 3. The molecule has 0 aromatic carbocycles. The standard InChI is InChI=1S/C57H110O6.C3H8O3/c1-51(2)43-37-31-25-19-13-7-10-16-22-28-34-40-46-55(58)61-49-54(63-57(60)48-42-36-30-24-18-12-9-15-21-27-33-39-45-53(5)6)50-62-56(59)47-41-35-29-23-17-11-8-14-20-26-32-38-44-52(3)4;4-1-3(6)2-5/h51-54H,7-50H2,1-6H3;3-6H,1-2H2. The Hall–Kier alpha value is -1.71. The van der Waals surface area contributed by atoms with Crippen LogP contribution in [-0.2, 0) is 28.6 Å². The molecule has 69 heavy (non-hydrogen) atoms. The van der Waals surface area contributed by atoms with Crippen LogP contribution in [0.2, 0.25) is 0 Å². The summed E-state index contributed by atoms with van der Waals surface area (Å²) in [6.45, 7) is 13.0. The Labute approximate surface area is 427 Å². The number of hydrogen-bond acceptors (Lipinski definition) is 9. The number of aliphatic hydroxyl groups is 3. The van der Waals surface area contributed by atoms with Crippen molar-refractivity contribution in [2.24, 2.45) is 17.8 Å². The van der Waals surface area contributed by atoms with Crippen LogP contribution in [0.15, 0.2) is 0 Å². The summed E-state index contributed by atoms with van der Waals surface area (Å²) in [6, 6.07) is 0. The molecular formula is C60H118O9. The van der Waals surface area contributed by atoms with E-state index in [0.29, 0.717) is 19.3 Å². The minimum Gasteiger partial charge on any atom is -0.462 e. The second-order valence-corrected chi connectivity index (χ2v) is 22.0. The first-order valence-corrected chi connectivity index (χ1v) is 29.8. The highest BCUT2D eigenvalue weighted by molar-refractivity contribution is 5.71. The number of esters is 3. The number of rotatable bonds is 52. The van der Waals surface area contributed by atoms with E-state index in [-0.39, 0.29) is 44.3 Å². The molecule has 0 unspecified atom stereocenters. The summed E-state index contributed by atoms with van der Waals surface area (Å²) in [6.07, 6.45) is 48.5. The Morgan fingerprint density at radius 3 is 0.725 bits per heavy atom. The maximum absolute atomic E-state index is 12.8. The normalized spacial score (nSPS) is 11.6. The summed E-state index contributed by atoms with van der Waals surface area (Å²) >= 11 is 0. The van der Waals surface area contributed by atoms with Crippen LogP contribution in [0.1, 0.15) is 311 Å². The van der Waals surface area contributed by atoms with Crippen molar-refractivity contribution in [1.29, 1.82) is 0 Å². The topological polar surface area (TPSA) is 140 Å². The molecule has 0 amide bonds. The lowest BCUT2D eigenvalue weighted by atomic mass is 10.0. The molecule has 0 saturated carbocycles. The van der Waals surface area contributed by atoms with Crippen LogP contribution in [0.4, 0.5) is 0 Å². The fraction of sp³-hybridized carbons (Fsp3) is 0.950. The Bertz CT molecular complexity index is 1010. The van der Waals surface area contributed by atoms with Crippen LogP contribution in [0.5, 0.6) is 0 Å². The van der Waals surface area contributed by atoms with Gasteiger partial charge in [-0.25, -0.2) is 0 Å². The van der Waals surface area contributed by atoms with E-state index < -0.39 is 12.2 Å². The second-order valence-electron chi connectivity index (χ2n) is 22.0. The van der Waals surface area contributed by atoms with Crippen molar-refractivity contribution < 1.29 is 43.9 Å². The average molecular weight is 984 g/mol. The van der Waals surface area contributed by atoms with Gasteiger partial charge in [-0.1, -0.05) is 273 Å². The molecule has 0 aliphatic rings. The van der Waals surface area contributed by atoms with Gasteiger partial charge in [0.2, 0.25) is 0 Å². The molecule has 0 aliphatic heterocycles. The fourth-order valence-electron chi connectivity index (χ4n) is 8.70. The summed E-state index contributed by atoms with van der Waals surface area (Å²) < 4.78 is 16.9. The first-order chi connectivity index (χ1) is 33.4. The molecule has 0 aromatic heterocycles. The zero-order chi connectivity index (χ0) is 51.3. The van der Waals surface area contributed by atoms with Crippen molar-refractivity contribution in [2.45, 2.75) is 323 Å². The molecule has 412 valence electrons. The molecule has 0 spiro atoms. The Kier molecular flexibility index (Phi) is 55.9. The Morgan fingerprint density at radius 1 is 0.319 bits per heavy atom. The van der Waals surface area contributed by atoms with Crippen molar-refractivity contribution in [3.8, 4) is 0 Å². The quantitative estimate of drug-likeness (QED) is 0.0309. The van der Waals surface area contributed by atoms with Crippen LogP contribution in [0.3, 0.4) is 0 Å². The zero-order valence-electron chi connectivity index (χ0n) is 46.7. The number of ether oxygens (including phenoxy) is 3. The molecule has 9 nitrogen and oxygen atoms in total. The van der Waals surface area contributed by atoms with Gasteiger partial charge < -0.3 is 29.5 Å². The second kappa shape index (κ2) is 55.6. The lowest BCUT2D eigenvalue weighted by Crippen LogP contribution is -2.30. The Morgan fingerprint density at radius 2 is 0.522 bits per heavy atom. The van der Waals surface area contributed by atoms with Crippen LogP contribution in [0, 0.1) is 17.8 Å². The van der Waals surface area contributed by atoms with Crippen molar-refractivity contribution in [3.63, 3.8) is 0 Å². The monoisotopic (exact) mass is 983 g/mol. The first-order valence-electron chi connectivity index (χ1n) is 29.8. The van der Waals surface area contributed by atoms with Gasteiger partial charge in [-0.2, -0.15) is 0 Å². The highest BCUT2D eigenvalue weighted by atomic mass is 16.6. The van der Waals surface area contributed by atoms with Gasteiger partial charge in [-0.05, 0) is 37.0 Å². The summed E-state index contributed by atoms with van der Waals surface area (Å²) in [7, 11) is 0. The van der Waals surface area contributed by atoms with Gasteiger partial charge in [0, 0.05) is 19.3 Å². The molecule has 0 atom stereocenters. The van der Waals surface area contributed by atoms with E-state index in [4.69, 9.17) is 29.5 Å². The van der Waals surface area contributed by atoms with E-state index in [1.54, 1.807) is 0 Å². The van der Waals surface area contributed by atoms with E-state index in [0.717, 1.165) is 75.5 Å². The molecule has 0 fully saturated rings. The van der Waals surface area contributed by atoms with E-state index in [1.807, 2.05) is 0 Å². The Balaban J connectivity index is 0. The molecule has 0 saturated heterocycles. The lowest BCUT2D eigenvalue weighted by Gasteiger charge is -2.18. The summed E-state index contributed by atoms with van der Waals surface area (Å²) in [5.41, 5.74) is 0. The van der Waals surface area contributed by atoms with Gasteiger partial charge in [-0.15, -0.1) is 0 Å². The summed E-state index contributed by atoms with van der Waals surface area (Å²) in [5, 5.41) is 24.0. The molecule has 0 bridgehead atoms. The third-order valence-corrected chi connectivity index (χ3v) is 13.3. The summed E-state index contributed by atoms with van der Waals surface area (Å²) in [4.78, 5) is 38.1. The van der Waals surface area contributed by atoms with Gasteiger partial charge in [0.25, 0.3) is 0 Å². The van der Waals surface area contributed by atoms with Crippen LogP contribution in [0.25, 0.3) is 0 Å². The van der Waals surface area contributed by atoms with E-state index in [9.17, 15) is 14.4 Å². The lowest BCUT2D eigenvalue weighted by molar-refractivity contribution is -0.167. The highest BCUT2D eigenvalue weighted by Crippen LogP contribution is 2.18. The molecule has 0 aliphatic carbocycles. The van der Waals surface area contributed by atoms with Gasteiger partial charge >= 0.3 is 17.9 Å². The first kappa shape index (κ1) is 69.4. The number of hydrogen-bond donors (Lipinski definition) is 3. The number of carbonyl (C=O) groups is 3. The minimum atomic E-state index is -0.954. The third-order valence-electron chi connectivity index (χ3n) is 13.3. The van der Waals surface area contributed by atoms with Crippen LogP contribution in [-0.4, -0.2) is 71.9 Å². The zero-order valence-corrected chi connectivity index (χ0v) is 46.7. The molecule has 9 heteroatoms. The van der Waals surface area contributed by atoms with Gasteiger partial charge in [0.1, 0.15) is 19.3 Å². The maximum atomic E-state index is 12.8. The van der Waals surface area contributed by atoms with Crippen LogP contribution < -0.4 is 0 Å². The molecule has 0 heterocycles. The predicted octanol–water partition coefficient (Wildman–Crippen LogP) is 16.7. The molecule has 0 rings (SSSR count). The summed E-state index contributed by atoms with van der Waals surface area (Å²) in [5.74, 6) is 1.65. The molecule has 0 aromatic rings. The van der Waals surface area contributed by atoms with E-state index >= 15 is 0 Å². The van der Waals surface area contributed by atoms with E-state index in [1.165, 1.54) is 193 Å². The number of unbranched alkanes of at least 4 members (excludes halogenated alkanes) is 33. The van der Waals surface area contributed by atoms with Gasteiger partial charge in [0.05, 0.1) is 13.2 Å². The smallest absolute Gasteiger partial charge is 0.306 e. The predicted molar refractivity (Wildman–Crippen MR) is 290 cm³/mol. The largest absolute Gasteiger partial charge is 0.462 e. The molecule has 0 radical (unpaired) electrons. The van der Waals surface area contributed by atoms with Gasteiger partial charge in [-0.3, -0.25) is 14.4 Å². The van der Waals surface area contributed by atoms with Crippen LogP contribution >= 0.6 is 0 Å². The minimum absolute atomic E-state index is 0.0638. The van der Waals surface area contributed by atoms with Crippen molar-refractivity contribution in [1.82, 2.24) is 0 Å². The average Bonchev–Trinajstić information content (AvgIpc) is 3.32. The van der Waals surface area contributed by atoms with Crippen molar-refractivity contribution >= 4 is 17.9 Å². The van der Waals surface area contributed by atoms with E-state index in [2.05, 4.69) is 41.5 Å². The number of aliphatic hydroxyl groups excluding tert-OH is 3. The fourth-order valence-corrected chi connectivity index (χ4v) is 8.70.